The van der Waals surface area contributed by atoms with E-state index in [2.05, 4.69) is 15.9 Å². The number of carbonyl (C=O) groups excluding carboxylic acids is 1. The zero-order valence-corrected chi connectivity index (χ0v) is 12.5. The van der Waals surface area contributed by atoms with Crippen molar-refractivity contribution < 1.29 is 9.53 Å². The molecule has 0 aromatic heterocycles. The summed E-state index contributed by atoms with van der Waals surface area (Å²) in [6.45, 7) is 0.606. The van der Waals surface area contributed by atoms with Gasteiger partial charge in [0.15, 0.2) is 0 Å². The van der Waals surface area contributed by atoms with E-state index in [1.54, 1.807) is 25.3 Å². The molecule has 0 aliphatic heterocycles. The number of amides is 1. The first-order valence-electron chi connectivity index (χ1n) is 5.88. The fourth-order valence-electron chi connectivity index (χ4n) is 1.89. The summed E-state index contributed by atoms with van der Waals surface area (Å²) in [6.07, 6.45) is 2.17. The standard InChI is InChI=1S/C13H15BrClNO2/c1-18-12-5-2-9(8-11(12)14)13(17)16(7-6-15)10-3-4-10/h2,5,8,10H,3-4,6-7H2,1H3. The molecule has 0 unspecified atom stereocenters. The molecule has 0 radical (unpaired) electrons. The summed E-state index contributed by atoms with van der Waals surface area (Å²) < 4.78 is 5.94. The molecule has 0 N–H and O–H groups in total. The highest BCUT2D eigenvalue weighted by molar-refractivity contribution is 9.10. The van der Waals surface area contributed by atoms with Gasteiger partial charge in [-0.3, -0.25) is 4.79 Å². The largest absolute Gasteiger partial charge is 0.496 e. The Morgan fingerprint density at radius 3 is 2.78 bits per heavy atom. The number of alkyl halides is 1. The van der Waals surface area contributed by atoms with E-state index in [0.717, 1.165) is 23.1 Å². The van der Waals surface area contributed by atoms with E-state index in [9.17, 15) is 4.79 Å². The summed E-state index contributed by atoms with van der Waals surface area (Å²) in [5.74, 6) is 1.24. The average Bonchev–Trinajstić information content (AvgIpc) is 3.19. The number of methoxy groups -OCH3 is 1. The quantitative estimate of drug-likeness (QED) is 0.774. The Bertz CT molecular complexity index is 449. The second-order valence-corrected chi connectivity index (χ2v) is 5.50. The van der Waals surface area contributed by atoms with Crippen LogP contribution in [0.2, 0.25) is 0 Å². The number of rotatable bonds is 5. The Morgan fingerprint density at radius 2 is 2.28 bits per heavy atom. The fraction of sp³-hybridized carbons (Fsp3) is 0.462. The van der Waals surface area contributed by atoms with Gasteiger partial charge in [-0.2, -0.15) is 0 Å². The van der Waals surface area contributed by atoms with E-state index < -0.39 is 0 Å². The lowest BCUT2D eigenvalue weighted by molar-refractivity contribution is 0.0753. The van der Waals surface area contributed by atoms with Crippen LogP contribution in [0.4, 0.5) is 0 Å². The van der Waals surface area contributed by atoms with Crippen LogP contribution in [0, 0.1) is 0 Å². The third kappa shape index (κ3) is 2.98. The number of ether oxygens (including phenoxy) is 1. The van der Waals surface area contributed by atoms with Crippen molar-refractivity contribution in [2.45, 2.75) is 18.9 Å². The SMILES string of the molecule is COc1ccc(C(=O)N(CCCl)C2CC2)cc1Br. The summed E-state index contributed by atoms with van der Waals surface area (Å²) in [5, 5.41) is 0. The van der Waals surface area contributed by atoms with Gasteiger partial charge in [0, 0.05) is 24.0 Å². The van der Waals surface area contributed by atoms with E-state index in [1.165, 1.54) is 0 Å². The first-order valence-corrected chi connectivity index (χ1v) is 7.20. The van der Waals surface area contributed by atoms with Gasteiger partial charge < -0.3 is 9.64 Å². The molecule has 0 bridgehead atoms. The molecule has 0 atom stereocenters. The minimum Gasteiger partial charge on any atom is -0.496 e. The fourth-order valence-corrected chi connectivity index (χ4v) is 2.62. The molecule has 2 rings (SSSR count). The van der Waals surface area contributed by atoms with E-state index in [1.807, 2.05) is 4.90 Å². The van der Waals surface area contributed by atoms with Crippen LogP contribution in [-0.2, 0) is 0 Å². The van der Waals surface area contributed by atoms with Gasteiger partial charge in [0.1, 0.15) is 5.75 Å². The summed E-state index contributed by atoms with van der Waals surface area (Å²) >= 11 is 9.15. The van der Waals surface area contributed by atoms with Gasteiger partial charge in [-0.1, -0.05) is 0 Å². The van der Waals surface area contributed by atoms with Crippen LogP contribution < -0.4 is 4.74 Å². The summed E-state index contributed by atoms with van der Waals surface area (Å²) in [5.41, 5.74) is 0.666. The first-order chi connectivity index (χ1) is 8.67. The molecule has 98 valence electrons. The van der Waals surface area contributed by atoms with Gasteiger partial charge in [0.25, 0.3) is 5.91 Å². The highest BCUT2D eigenvalue weighted by atomic mass is 79.9. The molecule has 1 saturated carbocycles. The molecule has 0 spiro atoms. The second kappa shape index (κ2) is 5.93. The Hall–Kier alpha value is -0.740. The van der Waals surface area contributed by atoms with Gasteiger partial charge in [0.05, 0.1) is 11.6 Å². The van der Waals surface area contributed by atoms with Crippen molar-refractivity contribution in [1.29, 1.82) is 0 Å². The summed E-state index contributed by atoms with van der Waals surface area (Å²) in [6, 6.07) is 5.75. The molecule has 1 amide bonds. The maximum Gasteiger partial charge on any atom is 0.254 e. The molecule has 1 aliphatic rings. The van der Waals surface area contributed by atoms with Crippen molar-refractivity contribution in [3.8, 4) is 5.75 Å². The molecule has 1 aromatic rings. The Labute approximate surface area is 120 Å². The lowest BCUT2D eigenvalue weighted by atomic mass is 10.2. The van der Waals surface area contributed by atoms with Crippen molar-refractivity contribution in [3.63, 3.8) is 0 Å². The predicted molar refractivity (Wildman–Crippen MR) is 75.5 cm³/mol. The normalized spacial score (nSPS) is 14.4. The number of hydrogen-bond donors (Lipinski definition) is 0. The van der Waals surface area contributed by atoms with Crippen LogP contribution in [0.15, 0.2) is 22.7 Å². The Balaban J connectivity index is 2.18. The number of carbonyl (C=O) groups is 1. The van der Waals surface area contributed by atoms with E-state index in [-0.39, 0.29) is 5.91 Å². The van der Waals surface area contributed by atoms with Crippen LogP contribution >= 0.6 is 27.5 Å². The first kappa shape index (κ1) is 13.7. The summed E-state index contributed by atoms with van der Waals surface area (Å²) in [4.78, 5) is 14.2. The topological polar surface area (TPSA) is 29.5 Å². The molecule has 3 nitrogen and oxygen atoms in total. The number of halogens is 2. The van der Waals surface area contributed by atoms with Crippen LogP contribution in [0.3, 0.4) is 0 Å². The highest BCUT2D eigenvalue weighted by Gasteiger charge is 2.32. The Morgan fingerprint density at radius 1 is 1.56 bits per heavy atom. The number of hydrogen-bond acceptors (Lipinski definition) is 2. The van der Waals surface area contributed by atoms with Gasteiger partial charge in [0.2, 0.25) is 0 Å². The van der Waals surface area contributed by atoms with E-state index in [0.29, 0.717) is 24.0 Å². The molecule has 0 saturated heterocycles. The van der Waals surface area contributed by atoms with Crippen LogP contribution in [0.25, 0.3) is 0 Å². The minimum atomic E-state index is 0.0431. The molecule has 1 fully saturated rings. The molecule has 1 aromatic carbocycles. The van der Waals surface area contributed by atoms with E-state index in [4.69, 9.17) is 16.3 Å². The smallest absolute Gasteiger partial charge is 0.254 e. The van der Waals surface area contributed by atoms with Crippen LogP contribution in [0.5, 0.6) is 5.75 Å². The van der Waals surface area contributed by atoms with Crippen molar-refractivity contribution in [1.82, 2.24) is 4.90 Å². The Kier molecular flexibility index (Phi) is 4.51. The predicted octanol–water partition coefficient (Wildman–Crippen LogP) is 3.30. The molecule has 5 heteroatoms. The second-order valence-electron chi connectivity index (χ2n) is 4.27. The molecule has 18 heavy (non-hydrogen) atoms. The maximum absolute atomic E-state index is 12.4. The van der Waals surface area contributed by atoms with Crippen molar-refractivity contribution in [3.05, 3.63) is 28.2 Å². The lowest BCUT2D eigenvalue weighted by Crippen LogP contribution is -2.34. The number of nitrogens with zero attached hydrogens (tertiary/aromatic N) is 1. The highest BCUT2D eigenvalue weighted by Crippen LogP contribution is 2.30. The van der Waals surface area contributed by atoms with Gasteiger partial charge in [-0.25, -0.2) is 0 Å². The molecular formula is C13H15BrClNO2. The maximum atomic E-state index is 12.4. The zero-order chi connectivity index (χ0) is 13.1. The van der Waals surface area contributed by atoms with Crippen molar-refractivity contribution >= 4 is 33.4 Å². The van der Waals surface area contributed by atoms with Crippen molar-refractivity contribution in [2.75, 3.05) is 19.5 Å². The van der Waals surface area contributed by atoms with Crippen molar-refractivity contribution in [2.24, 2.45) is 0 Å². The monoisotopic (exact) mass is 331 g/mol. The van der Waals surface area contributed by atoms with Gasteiger partial charge in [-0.15, -0.1) is 11.6 Å². The number of benzene rings is 1. The minimum absolute atomic E-state index is 0.0431. The van der Waals surface area contributed by atoms with Crippen LogP contribution in [0.1, 0.15) is 23.2 Å². The third-order valence-electron chi connectivity index (χ3n) is 2.97. The van der Waals surface area contributed by atoms with E-state index >= 15 is 0 Å². The zero-order valence-electron chi connectivity index (χ0n) is 10.2. The average molecular weight is 333 g/mol. The molecular weight excluding hydrogens is 318 g/mol. The lowest BCUT2D eigenvalue weighted by Gasteiger charge is -2.21. The van der Waals surface area contributed by atoms with Gasteiger partial charge >= 0.3 is 0 Å². The van der Waals surface area contributed by atoms with Gasteiger partial charge in [-0.05, 0) is 47.0 Å². The van der Waals surface area contributed by atoms with Crippen LogP contribution in [-0.4, -0.2) is 36.4 Å². The summed E-state index contributed by atoms with van der Waals surface area (Å²) in [7, 11) is 1.60. The molecule has 0 heterocycles. The third-order valence-corrected chi connectivity index (χ3v) is 3.76. The molecule has 1 aliphatic carbocycles.